The van der Waals surface area contributed by atoms with E-state index in [1.807, 2.05) is 18.0 Å². The van der Waals surface area contributed by atoms with Crippen LogP contribution >= 0.6 is 0 Å². The van der Waals surface area contributed by atoms with Gasteiger partial charge in [-0.2, -0.15) is 10.4 Å². The van der Waals surface area contributed by atoms with Crippen LogP contribution in [0, 0.1) is 24.2 Å². The van der Waals surface area contributed by atoms with Gasteiger partial charge in [0.15, 0.2) is 0 Å². The van der Waals surface area contributed by atoms with Gasteiger partial charge in [0, 0.05) is 6.42 Å². The topological polar surface area (TPSA) is 112 Å². The highest BCUT2D eigenvalue weighted by Gasteiger charge is 2.36. The van der Waals surface area contributed by atoms with E-state index in [9.17, 15) is 13.7 Å². The van der Waals surface area contributed by atoms with E-state index in [2.05, 4.69) is 11.1 Å². The summed E-state index contributed by atoms with van der Waals surface area (Å²) in [6, 6.07) is 12.6. The summed E-state index contributed by atoms with van der Waals surface area (Å²) in [6.45, 7) is 1.83. The zero-order valence-electron chi connectivity index (χ0n) is 16.2. The van der Waals surface area contributed by atoms with E-state index in [1.165, 1.54) is 37.8 Å². The summed E-state index contributed by atoms with van der Waals surface area (Å²) in [4.78, 5) is 4.71. The standard InChI is InChI=1S/C21H23N5O2S/c1-14-17(13-22)8-11-21(24-14)26-20(16-4-2-3-5-16)12-19(25-26)15-6-9-18(10-7-15)29(23,27)28/h6-11,16,20H,2-5,12H2,1H3,(H2,23,27,28). The van der Waals surface area contributed by atoms with Crippen LogP contribution in [-0.4, -0.2) is 25.2 Å². The molecule has 1 aliphatic carbocycles. The third kappa shape index (κ3) is 3.88. The van der Waals surface area contributed by atoms with E-state index in [0.717, 1.165) is 23.5 Å². The van der Waals surface area contributed by atoms with Crippen molar-refractivity contribution in [3.8, 4) is 6.07 Å². The maximum absolute atomic E-state index is 11.5. The van der Waals surface area contributed by atoms with Gasteiger partial charge >= 0.3 is 0 Å². The first-order chi connectivity index (χ1) is 13.9. The average molecular weight is 410 g/mol. The van der Waals surface area contributed by atoms with E-state index >= 15 is 0 Å². The van der Waals surface area contributed by atoms with Crippen LogP contribution in [0.3, 0.4) is 0 Å². The molecule has 2 aliphatic rings. The summed E-state index contributed by atoms with van der Waals surface area (Å²) in [5, 5.41) is 21.3. The highest BCUT2D eigenvalue weighted by molar-refractivity contribution is 7.89. The molecule has 150 valence electrons. The van der Waals surface area contributed by atoms with Crippen molar-refractivity contribution >= 4 is 21.6 Å². The molecular weight excluding hydrogens is 386 g/mol. The monoisotopic (exact) mass is 409 g/mol. The normalized spacial score (nSPS) is 20.0. The lowest BCUT2D eigenvalue weighted by Crippen LogP contribution is -2.33. The lowest BCUT2D eigenvalue weighted by atomic mass is 9.92. The van der Waals surface area contributed by atoms with Crippen molar-refractivity contribution in [2.75, 3.05) is 5.01 Å². The van der Waals surface area contributed by atoms with Crippen molar-refractivity contribution < 1.29 is 8.42 Å². The minimum Gasteiger partial charge on any atom is -0.244 e. The number of benzene rings is 1. The molecule has 8 heteroatoms. The molecule has 7 nitrogen and oxygen atoms in total. The fourth-order valence-corrected chi connectivity index (χ4v) is 4.78. The van der Waals surface area contributed by atoms with E-state index < -0.39 is 10.0 Å². The van der Waals surface area contributed by atoms with Crippen LogP contribution in [0.1, 0.15) is 48.9 Å². The first-order valence-corrected chi connectivity index (χ1v) is 11.3. The summed E-state index contributed by atoms with van der Waals surface area (Å²) in [5.74, 6) is 1.28. The van der Waals surface area contributed by atoms with Gasteiger partial charge in [-0.25, -0.2) is 23.5 Å². The summed E-state index contributed by atoms with van der Waals surface area (Å²) in [7, 11) is -3.72. The largest absolute Gasteiger partial charge is 0.244 e. The van der Waals surface area contributed by atoms with E-state index in [1.54, 1.807) is 18.2 Å². The van der Waals surface area contributed by atoms with Crippen LogP contribution in [0.4, 0.5) is 5.82 Å². The van der Waals surface area contributed by atoms with Gasteiger partial charge in [-0.3, -0.25) is 0 Å². The minimum absolute atomic E-state index is 0.0911. The molecule has 0 bridgehead atoms. The van der Waals surface area contributed by atoms with Crippen molar-refractivity contribution in [3.63, 3.8) is 0 Å². The van der Waals surface area contributed by atoms with Crippen LogP contribution in [0.25, 0.3) is 0 Å². The molecule has 1 saturated carbocycles. The van der Waals surface area contributed by atoms with Crippen LogP contribution in [0.2, 0.25) is 0 Å². The number of nitrogens with zero attached hydrogens (tertiary/aromatic N) is 4. The maximum atomic E-state index is 11.5. The Labute approximate surface area is 170 Å². The van der Waals surface area contributed by atoms with Gasteiger partial charge in [0.25, 0.3) is 0 Å². The molecule has 0 radical (unpaired) electrons. The lowest BCUT2D eigenvalue weighted by Gasteiger charge is -2.27. The number of primary sulfonamides is 1. The highest BCUT2D eigenvalue weighted by atomic mass is 32.2. The zero-order chi connectivity index (χ0) is 20.6. The molecule has 2 aromatic rings. The van der Waals surface area contributed by atoms with Crippen molar-refractivity contribution in [1.29, 1.82) is 5.26 Å². The fourth-order valence-electron chi connectivity index (χ4n) is 4.27. The SMILES string of the molecule is Cc1nc(N2N=C(c3ccc(S(N)(=O)=O)cc3)CC2C2CCCC2)ccc1C#N. The summed E-state index contributed by atoms with van der Waals surface area (Å²) in [6.07, 6.45) is 5.58. The Morgan fingerprint density at radius 1 is 1.14 bits per heavy atom. The smallest absolute Gasteiger partial charge is 0.238 e. The van der Waals surface area contributed by atoms with Crippen molar-refractivity contribution in [3.05, 3.63) is 53.2 Å². The van der Waals surface area contributed by atoms with Crippen LogP contribution in [0.15, 0.2) is 46.4 Å². The number of pyridine rings is 1. The molecule has 1 aliphatic heterocycles. The molecule has 29 heavy (non-hydrogen) atoms. The minimum atomic E-state index is -3.72. The third-order valence-corrected chi connectivity index (χ3v) is 6.76. The number of hydrogen-bond acceptors (Lipinski definition) is 6. The number of aromatic nitrogens is 1. The molecule has 1 atom stereocenters. The third-order valence-electron chi connectivity index (χ3n) is 5.83. The Morgan fingerprint density at radius 3 is 2.41 bits per heavy atom. The molecule has 4 rings (SSSR count). The molecule has 0 spiro atoms. The van der Waals surface area contributed by atoms with Crippen molar-refractivity contribution in [2.24, 2.45) is 16.2 Å². The number of hydrogen-bond donors (Lipinski definition) is 1. The summed E-state index contributed by atoms with van der Waals surface area (Å²) >= 11 is 0. The van der Waals surface area contributed by atoms with Gasteiger partial charge in [-0.05, 0) is 55.5 Å². The molecule has 2 heterocycles. The number of aryl methyl sites for hydroxylation is 1. The first kappa shape index (κ1) is 19.6. The van der Waals surface area contributed by atoms with Gasteiger partial charge in [-0.1, -0.05) is 25.0 Å². The van der Waals surface area contributed by atoms with Gasteiger partial charge in [-0.15, -0.1) is 0 Å². The fraction of sp³-hybridized carbons (Fsp3) is 0.381. The number of nitriles is 1. The molecule has 1 fully saturated rings. The Balaban J connectivity index is 1.69. The number of nitrogens with two attached hydrogens (primary N) is 1. The molecular formula is C21H23N5O2S. The molecule has 2 N–H and O–H groups in total. The van der Waals surface area contributed by atoms with E-state index in [-0.39, 0.29) is 10.9 Å². The summed E-state index contributed by atoms with van der Waals surface area (Å²) < 4.78 is 23.0. The molecule has 1 unspecified atom stereocenters. The summed E-state index contributed by atoms with van der Waals surface area (Å²) in [5.41, 5.74) is 3.05. The van der Waals surface area contributed by atoms with Gasteiger partial charge < -0.3 is 0 Å². The number of rotatable bonds is 4. The molecule has 1 aromatic carbocycles. The number of sulfonamides is 1. The second-order valence-electron chi connectivity index (χ2n) is 7.69. The molecule has 1 aromatic heterocycles. The van der Waals surface area contributed by atoms with Gasteiger partial charge in [0.2, 0.25) is 10.0 Å². The van der Waals surface area contributed by atoms with Gasteiger partial charge in [0.1, 0.15) is 11.9 Å². The van der Waals surface area contributed by atoms with Crippen molar-refractivity contribution in [1.82, 2.24) is 4.98 Å². The highest BCUT2D eigenvalue weighted by Crippen LogP contribution is 2.37. The predicted octanol–water partition coefficient (Wildman–Crippen LogP) is 3.08. The first-order valence-electron chi connectivity index (χ1n) is 9.74. The Hall–Kier alpha value is -2.76. The quantitative estimate of drug-likeness (QED) is 0.834. The lowest BCUT2D eigenvalue weighted by molar-refractivity contribution is 0.428. The van der Waals surface area contributed by atoms with E-state index in [4.69, 9.17) is 10.2 Å². The van der Waals surface area contributed by atoms with Gasteiger partial charge in [0.05, 0.1) is 27.9 Å². The average Bonchev–Trinajstić information content (AvgIpc) is 3.37. The zero-order valence-corrected chi connectivity index (χ0v) is 17.1. The maximum Gasteiger partial charge on any atom is 0.238 e. The Morgan fingerprint density at radius 2 is 1.83 bits per heavy atom. The predicted molar refractivity (Wildman–Crippen MR) is 111 cm³/mol. The van der Waals surface area contributed by atoms with Crippen molar-refractivity contribution in [2.45, 2.75) is 50.0 Å². The Kier molecular flexibility index (Phi) is 5.11. The molecule has 0 amide bonds. The second kappa shape index (κ2) is 7.58. The van der Waals surface area contributed by atoms with E-state index in [0.29, 0.717) is 17.2 Å². The number of anilines is 1. The second-order valence-corrected chi connectivity index (χ2v) is 9.25. The van der Waals surface area contributed by atoms with Crippen LogP contribution < -0.4 is 10.1 Å². The van der Waals surface area contributed by atoms with Crippen LogP contribution in [0.5, 0.6) is 0 Å². The Bertz CT molecular complexity index is 1100. The van der Waals surface area contributed by atoms with Crippen LogP contribution in [-0.2, 0) is 10.0 Å². The number of hydrazone groups is 1. The molecule has 0 saturated heterocycles.